The third kappa shape index (κ3) is 3.32. The Morgan fingerprint density at radius 1 is 1.20 bits per heavy atom. The molecule has 1 amide bonds. The molecule has 124 valence electrons. The smallest absolute Gasteiger partial charge is 0.278 e. The zero-order chi connectivity index (χ0) is 17.1. The summed E-state index contributed by atoms with van der Waals surface area (Å²) >= 11 is 0. The van der Waals surface area contributed by atoms with Crippen LogP contribution in [-0.4, -0.2) is 30.9 Å². The third-order valence-electron chi connectivity index (χ3n) is 3.55. The minimum atomic E-state index is -0.397. The Bertz CT molecular complexity index is 972. The van der Waals surface area contributed by atoms with Crippen molar-refractivity contribution in [2.75, 3.05) is 5.32 Å². The Balaban J connectivity index is 1.43. The molecule has 0 spiro atoms. The van der Waals surface area contributed by atoms with E-state index in [1.807, 2.05) is 30.3 Å². The summed E-state index contributed by atoms with van der Waals surface area (Å²) < 4.78 is 6.92. The van der Waals surface area contributed by atoms with Crippen molar-refractivity contribution in [2.45, 2.75) is 6.54 Å². The first-order valence-electron chi connectivity index (χ1n) is 7.62. The lowest BCUT2D eigenvalue weighted by atomic mass is 10.2. The number of carbonyl (C=O) groups excluding carboxylic acids is 1. The number of hydrogen-bond donors (Lipinski definition) is 2. The number of nitrogens with one attached hydrogen (secondary N) is 2. The summed E-state index contributed by atoms with van der Waals surface area (Å²) in [4.78, 5) is 16.3. The zero-order valence-electron chi connectivity index (χ0n) is 13.1. The lowest BCUT2D eigenvalue weighted by Gasteiger charge is -2.00. The van der Waals surface area contributed by atoms with E-state index in [0.29, 0.717) is 18.0 Å². The molecule has 0 saturated carbocycles. The number of aromatic amines is 1. The van der Waals surface area contributed by atoms with E-state index in [1.54, 1.807) is 35.5 Å². The van der Waals surface area contributed by atoms with Gasteiger partial charge in [0.1, 0.15) is 12.0 Å². The highest BCUT2D eigenvalue weighted by Crippen LogP contribution is 2.18. The van der Waals surface area contributed by atoms with Crippen LogP contribution in [0.2, 0.25) is 0 Å². The van der Waals surface area contributed by atoms with Crippen molar-refractivity contribution in [3.8, 4) is 11.5 Å². The Morgan fingerprint density at radius 2 is 2.08 bits per heavy atom. The van der Waals surface area contributed by atoms with Gasteiger partial charge < -0.3 is 4.42 Å². The summed E-state index contributed by atoms with van der Waals surface area (Å²) in [6.07, 6.45) is 3.13. The lowest BCUT2D eigenvalue weighted by molar-refractivity contribution is 0.102. The van der Waals surface area contributed by atoms with Crippen LogP contribution < -0.4 is 5.32 Å². The monoisotopic (exact) mass is 334 g/mol. The quantitative estimate of drug-likeness (QED) is 0.584. The SMILES string of the molecule is O=C(Nc1ncn(Cc2ccccc2)n1)c1cc(-c2ccco2)[nH]n1. The summed E-state index contributed by atoms with van der Waals surface area (Å²) in [5.74, 6) is 0.437. The van der Waals surface area contributed by atoms with Gasteiger partial charge in [-0.05, 0) is 17.7 Å². The molecule has 4 rings (SSSR count). The van der Waals surface area contributed by atoms with Crippen LogP contribution in [0.5, 0.6) is 0 Å². The fraction of sp³-hybridized carbons (Fsp3) is 0.0588. The van der Waals surface area contributed by atoms with Crippen LogP contribution in [0.15, 0.2) is 65.5 Å². The topological polar surface area (TPSA) is 102 Å². The molecular weight excluding hydrogens is 320 g/mol. The number of benzene rings is 1. The van der Waals surface area contributed by atoms with Crippen LogP contribution in [0.25, 0.3) is 11.5 Å². The second-order valence-corrected chi connectivity index (χ2v) is 5.35. The predicted molar refractivity (Wildman–Crippen MR) is 89.8 cm³/mol. The number of hydrogen-bond acceptors (Lipinski definition) is 5. The van der Waals surface area contributed by atoms with Gasteiger partial charge in [0.25, 0.3) is 5.91 Å². The van der Waals surface area contributed by atoms with Gasteiger partial charge >= 0.3 is 0 Å². The standard InChI is InChI=1S/C17H14N6O2/c24-16(14-9-13(20-21-14)15-7-4-8-25-15)19-17-18-11-23(22-17)10-12-5-2-1-3-6-12/h1-9,11H,10H2,(H,20,21)(H,19,22,24). The van der Waals surface area contributed by atoms with Crippen LogP contribution in [0, 0.1) is 0 Å². The van der Waals surface area contributed by atoms with Crippen molar-refractivity contribution >= 4 is 11.9 Å². The zero-order valence-corrected chi connectivity index (χ0v) is 13.1. The number of rotatable bonds is 5. The maximum absolute atomic E-state index is 12.3. The Kier molecular flexibility index (Phi) is 3.83. The minimum Gasteiger partial charge on any atom is -0.463 e. The molecule has 0 atom stereocenters. The van der Waals surface area contributed by atoms with Crippen molar-refractivity contribution in [3.63, 3.8) is 0 Å². The molecule has 3 aromatic heterocycles. The van der Waals surface area contributed by atoms with Crippen molar-refractivity contribution in [1.29, 1.82) is 0 Å². The van der Waals surface area contributed by atoms with Crippen LogP contribution in [0.4, 0.5) is 5.95 Å². The molecule has 0 aliphatic heterocycles. The van der Waals surface area contributed by atoms with Gasteiger partial charge in [0.2, 0.25) is 5.95 Å². The molecule has 0 aliphatic rings. The summed E-state index contributed by atoms with van der Waals surface area (Å²) in [6.45, 7) is 0.578. The number of carbonyl (C=O) groups is 1. The highest BCUT2D eigenvalue weighted by Gasteiger charge is 2.14. The largest absolute Gasteiger partial charge is 0.463 e. The first kappa shape index (κ1) is 14.9. The fourth-order valence-corrected chi connectivity index (χ4v) is 2.36. The molecule has 4 aromatic rings. The van der Waals surface area contributed by atoms with Crippen molar-refractivity contribution in [1.82, 2.24) is 25.0 Å². The van der Waals surface area contributed by atoms with Gasteiger partial charge in [0.05, 0.1) is 12.8 Å². The van der Waals surface area contributed by atoms with Gasteiger partial charge in [0, 0.05) is 6.07 Å². The maximum atomic E-state index is 12.3. The molecule has 25 heavy (non-hydrogen) atoms. The summed E-state index contributed by atoms with van der Waals surface area (Å²) in [7, 11) is 0. The third-order valence-corrected chi connectivity index (χ3v) is 3.55. The number of H-pyrrole nitrogens is 1. The number of anilines is 1. The van der Waals surface area contributed by atoms with E-state index in [2.05, 4.69) is 25.6 Å². The molecule has 0 fully saturated rings. The average Bonchev–Trinajstić information content (AvgIpc) is 3.37. The molecule has 3 heterocycles. The van der Waals surface area contributed by atoms with E-state index in [9.17, 15) is 4.79 Å². The summed E-state index contributed by atoms with van der Waals surface area (Å²) in [6, 6.07) is 15.0. The number of aromatic nitrogens is 5. The lowest BCUT2D eigenvalue weighted by Crippen LogP contribution is -2.14. The second-order valence-electron chi connectivity index (χ2n) is 5.35. The fourth-order valence-electron chi connectivity index (χ4n) is 2.36. The van der Waals surface area contributed by atoms with Crippen LogP contribution in [0.1, 0.15) is 16.1 Å². The van der Waals surface area contributed by atoms with Crippen molar-refractivity contribution in [3.05, 3.63) is 72.4 Å². The van der Waals surface area contributed by atoms with E-state index in [-0.39, 0.29) is 11.6 Å². The van der Waals surface area contributed by atoms with E-state index in [0.717, 1.165) is 5.56 Å². The highest BCUT2D eigenvalue weighted by atomic mass is 16.3. The van der Waals surface area contributed by atoms with Crippen LogP contribution in [-0.2, 0) is 6.54 Å². The van der Waals surface area contributed by atoms with E-state index in [4.69, 9.17) is 4.42 Å². The Morgan fingerprint density at radius 3 is 2.88 bits per heavy atom. The van der Waals surface area contributed by atoms with Gasteiger partial charge in [-0.25, -0.2) is 9.67 Å². The number of amides is 1. The molecule has 0 unspecified atom stereocenters. The summed E-state index contributed by atoms with van der Waals surface area (Å²) in [5, 5.41) is 13.6. The predicted octanol–water partition coefficient (Wildman–Crippen LogP) is 2.56. The normalized spacial score (nSPS) is 10.7. The molecular formula is C17H14N6O2. The first-order chi connectivity index (χ1) is 12.3. The van der Waals surface area contributed by atoms with E-state index in [1.165, 1.54) is 0 Å². The molecule has 2 N–H and O–H groups in total. The van der Waals surface area contributed by atoms with Gasteiger partial charge in [-0.2, -0.15) is 5.10 Å². The molecule has 0 bridgehead atoms. The number of nitrogens with zero attached hydrogens (tertiary/aromatic N) is 4. The van der Waals surface area contributed by atoms with Crippen molar-refractivity contribution in [2.24, 2.45) is 0 Å². The molecule has 8 nitrogen and oxygen atoms in total. The summed E-state index contributed by atoms with van der Waals surface area (Å²) in [5.41, 5.74) is 1.95. The molecule has 0 aliphatic carbocycles. The Labute approximate surface area is 142 Å². The second kappa shape index (κ2) is 6.44. The van der Waals surface area contributed by atoms with Gasteiger partial charge in [0.15, 0.2) is 11.5 Å². The van der Waals surface area contributed by atoms with E-state index < -0.39 is 5.91 Å². The first-order valence-corrected chi connectivity index (χ1v) is 7.62. The van der Waals surface area contributed by atoms with Gasteiger partial charge in [-0.1, -0.05) is 30.3 Å². The minimum absolute atomic E-state index is 0.225. The van der Waals surface area contributed by atoms with E-state index >= 15 is 0 Å². The van der Waals surface area contributed by atoms with Gasteiger partial charge in [-0.3, -0.25) is 15.2 Å². The highest BCUT2D eigenvalue weighted by molar-refractivity contribution is 6.02. The molecule has 1 aromatic carbocycles. The Hall–Kier alpha value is -3.68. The maximum Gasteiger partial charge on any atom is 0.278 e. The van der Waals surface area contributed by atoms with Crippen molar-refractivity contribution < 1.29 is 9.21 Å². The molecule has 0 radical (unpaired) electrons. The van der Waals surface area contributed by atoms with Crippen LogP contribution in [0.3, 0.4) is 0 Å². The number of furan rings is 1. The average molecular weight is 334 g/mol. The molecule has 8 heteroatoms. The van der Waals surface area contributed by atoms with Crippen LogP contribution >= 0.6 is 0 Å². The van der Waals surface area contributed by atoms with Gasteiger partial charge in [-0.15, -0.1) is 5.10 Å². The molecule has 0 saturated heterocycles.